The number of fused-ring (bicyclic) bond motifs is 1. The fourth-order valence-corrected chi connectivity index (χ4v) is 5.33. The molecule has 0 amide bonds. The molecule has 1 aliphatic heterocycles. The zero-order valence-corrected chi connectivity index (χ0v) is 18.9. The number of allylic oxidation sites excluding steroid dienone is 2. The molecule has 1 aromatic carbocycles. The Labute approximate surface area is 190 Å². The molecule has 8 heteroatoms. The maximum absolute atomic E-state index is 13.2. The first-order chi connectivity index (χ1) is 14.9. The van der Waals surface area contributed by atoms with E-state index in [2.05, 4.69) is 24.1 Å². The molecular weight excluding hydrogens is 430 g/mol. The molecule has 0 bridgehead atoms. The molecule has 1 unspecified atom stereocenters. The third-order valence-electron chi connectivity index (χ3n) is 5.60. The lowest BCUT2D eigenvalue weighted by molar-refractivity contribution is -0.118. The number of carbonyl (C=O) groups excluding carboxylic acids is 1. The summed E-state index contributed by atoms with van der Waals surface area (Å²) in [5.41, 5.74) is 3.41. The van der Waals surface area contributed by atoms with E-state index in [4.69, 9.17) is 21.7 Å². The van der Waals surface area contributed by atoms with E-state index in [1.807, 2.05) is 42.5 Å². The van der Waals surface area contributed by atoms with Crippen LogP contribution in [0.1, 0.15) is 44.0 Å². The van der Waals surface area contributed by atoms with Gasteiger partial charge in [0.2, 0.25) is 11.1 Å². The van der Waals surface area contributed by atoms with Gasteiger partial charge in [-0.05, 0) is 35.6 Å². The third kappa shape index (κ3) is 3.88. The van der Waals surface area contributed by atoms with Crippen LogP contribution in [0, 0.1) is 5.41 Å². The molecule has 1 aliphatic carbocycles. The molecule has 158 valence electrons. The van der Waals surface area contributed by atoms with Crippen LogP contribution in [0.2, 0.25) is 5.02 Å². The third-order valence-corrected chi connectivity index (χ3v) is 6.85. The number of ketones is 1. The van der Waals surface area contributed by atoms with Gasteiger partial charge in [-0.3, -0.25) is 9.78 Å². The standard InChI is InChI=1S/C23H22ClN5OS/c1-23(2)11-17-19(18(30)12-23)20(16-9-5-6-10-25-16)29-21(26-17)27-22(28-29)31-13-14-7-3-4-8-15(14)24/h3-10,20H,11-13H2,1-2H3,(H,26,27,28). The van der Waals surface area contributed by atoms with Crippen LogP contribution in [-0.2, 0) is 10.5 Å². The predicted octanol–water partition coefficient (Wildman–Crippen LogP) is 5.28. The average Bonchev–Trinajstić information content (AvgIpc) is 3.14. The Morgan fingerprint density at radius 3 is 2.77 bits per heavy atom. The summed E-state index contributed by atoms with van der Waals surface area (Å²) in [7, 11) is 0. The molecule has 0 fully saturated rings. The van der Waals surface area contributed by atoms with Crippen molar-refractivity contribution in [1.82, 2.24) is 19.7 Å². The molecule has 3 heterocycles. The number of anilines is 1. The zero-order valence-electron chi connectivity index (χ0n) is 17.3. The van der Waals surface area contributed by atoms with Gasteiger partial charge in [-0.15, -0.1) is 5.10 Å². The number of hydrogen-bond acceptors (Lipinski definition) is 6. The predicted molar refractivity (Wildman–Crippen MR) is 122 cm³/mol. The maximum Gasteiger partial charge on any atom is 0.227 e. The number of nitrogens with zero attached hydrogens (tertiary/aromatic N) is 4. The topological polar surface area (TPSA) is 72.7 Å². The van der Waals surface area contributed by atoms with Crippen LogP contribution in [0.15, 0.2) is 65.1 Å². The smallest absolute Gasteiger partial charge is 0.227 e. The van der Waals surface area contributed by atoms with Gasteiger partial charge in [0.1, 0.15) is 6.04 Å². The van der Waals surface area contributed by atoms with Crippen molar-refractivity contribution in [3.63, 3.8) is 0 Å². The van der Waals surface area contributed by atoms with E-state index in [1.165, 1.54) is 11.8 Å². The van der Waals surface area contributed by atoms with Gasteiger partial charge >= 0.3 is 0 Å². The Balaban J connectivity index is 1.52. The second kappa shape index (κ2) is 7.80. The number of aromatic nitrogens is 4. The summed E-state index contributed by atoms with van der Waals surface area (Å²) in [6.07, 6.45) is 3.04. The molecule has 1 N–H and O–H groups in total. The number of halogens is 1. The second-order valence-corrected chi connectivity index (χ2v) is 10.0. The maximum atomic E-state index is 13.2. The second-order valence-electron chi connectivity index (χ2n) is 8.66. The van der Waals surface area contributed by atoms with Crippen LogP contribution in [0.5, 0.6) is 0 Å². The van der Waals surface area contributed by atoms with E-state index in [-0.39, 0.29) is 17.2 Å². The number of thioether (sulfide) groups is 1. The number of nitrogens with one attached hydrogen (secondary N) is 1. The summed E-state index contributed by atoms with van der Waals surface area (Å²) in [5.74, 6) is 1.44. The molecule has 3 aromatic rings. The number of pyridine rings is 1. The zero-order chi connectivity index (χ0) is 21.6. The highest BCUT2D eigenvalue weighted by molar-refractivity contribution is 7.98. The van der Waals surface area contributed by atoms with Gasteiger partial charge in [0.15, 0.2) is 5.78 Å². The highest BCUT2D eigenvalue weighted by Crippen LogP contribution is 2.45. The Morgan fingerprint density at radius 1 is 1.19 bits per heavy atom. The summed E-state index contributed by atoms with van der Waals surface area (Å²) in [4.78, 5) is 22.5. The van der Waals surface area contributed by atoms with Gasteiger partial charge in [0.05, 0.1) is 5.69 Å². The highest BCUT2D eigenvalue weighted by Gasteiger charge is 2.42. The van der Waals surface area contributed by atoms with E-state index < -0.39 is 0 Å². The molecule has 0 saturated carbocycles. The fourth-order valence-electron chi connectivity index (χ4n) is 4.22. The van der Waals surface area contributed by atoms with Crippen molar-refractivity contribution >= 4 is 35.1 Å². The summed E-state index contributed by atoms with van der Waals surface area (Å²) in [6, 6.07) is 13.1. The Bertz CT molecular complexity index is 1190. The van der Waals surface area contributed by atoms with Gasteiger partial charge < -0.3 is 5.32 Å². The molecule has 1 atom stereocenters. The van der Waals surface area contributed by atoms with E-state index in [1.54, 1.807) is 10.9 Å². The van der Waals surface area contributed by atoms with Crippen molar-refractivity contribution in [2.75, 3.05) is 5.32 Å². The lowest BCUT2D eigenvalue weighted by Crippen LogP contribution is -2.36. The number of benzene rings is 1. The van der Waals surface area contributed by atoms with Crippen molar-refractivity contribution < 1.29 is 4.79 Å². The first-order valence-corrected chi connectivity index (χ1v) is 11.5. The highest BCUT2D eigenvalue weighted by atomic mass is 35.5. The Kier molecular flexibility index (Phi) is 5.10. The van der Waals surface area contributed by atoms with Crippen molar-refractivity contribution in [3.05, 3.63) is 76.2 Å². The number of carbonyl (C=O) groups is 1. The first kappa shape index (κ1) is 20.3. The quantitative estimate of drug-likeness (QED) is 0.544. The van der Waals surface area contributed by atoms with Crippen LogP contribution in [0.4, 0.5) is 5.95 Å². The lowest BCUT2D eigenvalue weighted by Gasteiger charge is -2.37. The van der Waals surface area contributed by atoms with E-state index in [0.717, 1.165) is 34.0 Å². The van der Waals surface area contributed by atoms with Gasteiger partial charge in [0.25, 0.3) is 0 Å². The van der Waals surface area contributed by atoms with Crippen LogP contribution in [-0.4, -0.2) is 25.5 Å². The van der Waals surface area contributed by atoms with Crippen LogP contribution >= 0.6 is 23.4 Å². The molecule has 2 aromatic heterocycles. The van der Waals surface area contributed by atoms with E-state index in [9.17, 15) is 4.79 Å². The molecule has 31 heavy (non-hydrogen) atoms. The molecule has 0 spiro atoms. The van der Waals surface area contributed by atoms with Crippen LogP contribution in [0.3, 0.4) is 0 Å². The number of rotatable bonds is 4. The minimum atomic E-state index is -0.377. The number of hydrogen-bond donors (Lipinski definition) is 1. The van der Waals surface area contributed by atoms with E-state index >= 15 is 0 Å². The SMILES string of the molecule is CC1(C)CC(=O)C2=C(C1)Nc1nc(SCc3ccccc3Cl)nn1C2c1ccccn1. The minimum Gasteiger partial charge on any atom is -0.328 e. The minimum absolute atomic E-state index is 0.0958. The average molecular weight is 452 g/mol. The summed E-state index contributed by atoms with van der Waals surface area (Å²) in [6.45, 7) is 4.24. The van der Waals surface area contributed by atoms with Crippen LogP contribution < -0.4 is 5.32 Å². The molecule has 0 saturated heterocycles. The first-order valence-electron chi connectivity index (χ1n) is 10.2. The van der Waals surface area contributed by atoms with Crippen molar-refractivity contribution in [1.29, 1.82) is 0 Å². The Hall–Kier alpha value is -2.64. The Morgan fingerprint density at radius 2 is 2.00 bits per heavy atom. The lowest BCUT2D eigenvalue weighted by atomic mass is 9.73. The fraction of sp³-hybridized carbons (Fsp3) is 0.304. The molecule has 0 radical (unpaired) electrons. The van der Waals surface area contributed by atoms with Crippen molar-refractivity contribution in [3.8, 4) is 0 Å². The van der Waals surface area contributed by atoms with Gasteiger partial charge in [-0.1, -0.05) is 61.5 Å². The molecule has 6 nitrogen and oxygen atoms in total. The normalized spacial score (nSPS) is 19.6. The monoisotopic (exact) mass is 451 g/mol. The van der Waals surface area contributed by atoms with Gasteiger partial charge in [-0.25, -0.2) is 4.68 Å². The van der Waals surface area contributed by atoms with Gasteiger partial charge in [-0.2, -0.15) is 4.98 Å². The number of Topliss-reactive ketones (excluding diaryl/α,β-unsaturated/α-hetero) is 1. The summed E-state index contributed by atoms with van der Waals surface area (Å²) in [5, 5.41) is 9.51. The van der Waals surface area contributed by atoms with Crippen molar-refractivity contribution in [2.24, 2.45) is 5.41 Å². The summed E-state index contributed by atoms with van der Waals surface area (Å²) >= 11 is 7.82. The molecule has 2 aliphatic rings. The molecule has 5 rings (SSSR count). The van der Waals surface area contributed by atoms with Crippen molar-refractivity contribution in [2.45, 2.75) is 43.6 Å². The van der Waals surface area contributed by atoms with E-state index in [0.29, 0.717) is 23.3 Å². The van der Waals surface area contributed by atoms with Gasteiger partial charge in [0, 0.05) is 34.7 Å². The summed E-state index contributed by atoms with van der Waals surface area (Å²) < 4.78 is 1.80. The molecular formula is C23H22ClN5OS. The largest absolute Gasteiger partial charge is 0.328 e. The van der Waals surface area contributed by atoms with Crippen LogP contribution in [0.25, 0.3) is 0 Å².